The number of anilines is 2. The Morgan fingerprint density at radius 3 is 2.52 bits per heavy atom. The molecule has 0 aliphatic carbocycles. The molecule has 9 heteroatoms. The average Bonchev–Trinajstić information content (AvgIpc) is 2.83. The maximum atomic E-state index is 12.7. The smallest absolute Gasteiger partial charge is 0.307 e. The zero-order valence-electron chi connectivity index (χ0n) is 10.4. The van der Waals surface area contributed by atoms with Gasteiger partial charge in [0.1, 0.15) is 0 Å². The molecular formula is C12H8ClF3N4O. The molecule has 0 saturated heterocycles. The molecule has 21 heavy (non-hydrogen) atoms. The van der Waals surface area contributed by atoms with E-state index in [4.69, 9.17) is 11.6 Å². The van der Waals surface area contributed by atoms with Crippen molar-refractivity contribution in [1.29, 1.82) is 0 Å². The Hall–Kier alpha value is -2.09. The average molecular weight is 317 g/mol. The summed E-state index contributed by atoms with van der Waals surface area (Å²) in [5, 5.41) is 7.00. The molecule has 1 aromatic heterocycles. The minimum atomic E-state index is -4.82. The minimum absolute atomic E-state index is 0.0566. The van der Waals surface area contributed by atoms with Crippen molar-refractivity contribution in [2.75, 3.05) is 11.4 Å². The molecule has 0 bridgehead atoms. The van der Waals surface area contributed by atoms with Gasteiger partial charge >= 0.3 is 6.18 Å². The van der Waals surface area contributed by atoms with E-state index in [1.807, 2.05) is 0 Å². The molecule has 2 aromatic rings. The predicted octanol–water partition coefficient (Wildman–Crippen LogP) is 2.46. The minimum Gasteiger partial charge on any atom is -0.307 e. The highest BCUT2D eigenvalue weighted by molar-refractivity contribution is 6.33. The van der Waals surface area contributed by atoms with Crippen LogP contribution in [0.25, 0.3) is 0 Å². The summed E-state index contributed by atoms with van der Waals surface area (Å²) in [5.74, 6) is 0.0566. The van der Waals surface area contributed by atoms with E-state index in [2.05, 4.69) is 10.2 Å². The molecule has 0 amide bonds. The Balaban J connectivity index is 2.12. The second-order valence-corrected chi connectivity index (χ2v) is 4.81. The van der Waals surface area contributed by atoms with Crippen molar-refractivity contribution in [3.8, 4) is 0 Å². The second-order valence-electron chi connectivity index (χ2n) is 4.41. The van der Waals surface area contributed by atoms with Gasteiger partial charge in [0, 0.05) is 13.1 Å². The number of rotatable bonds is 1. The Kier molecular flexibility index (Phi) is 3.12. The van der Waals surface area contributed by atoms with Crippen LogP contribution < -0.4 is 10.5 Å². The molecule has 0 atom stereocenters. The van der Waals surface area contributed by atoms with Crippen molar-refractivity contribution >= 4 is 23.2 Å². The fourth-order valence-electron chi connectivity index (χ4n) is 2.19. The van der Waals surface area contributed by atoms with Crippen LogP contribution in [0.2, 0.25) is 5.02 Å². The van der Waals surface area contributed by atoms with Crippen LogP contribution in [0, 0.1) is 0 Å². The van der Waals surface area contributed by atoms with Gasteiger partial charge in [-0.25, -0.2) is 0 Å². The number of hydrogen-bond acceptors (Lipinski definition) is 4. The molecule has 3 rings (SSSR count). The zero-order valence-corrected chi connectivity index (χ0v) is 11.2. The van der Waals surface area contributed by atoms with Crippen LogP contribution in [0.3, 0.4) is 0 Å². The van der Waals surface area contributed by atoms with E-state index in [1.165, 1.54) is 0 Å². The number of alkyl halides is 3. The molecule has 0 unspecified atom stereocenters. The van der Waals surface area contributed by atoms with Crippen LogP contribution >= 0.6 is 11.6 Å². The Bertz CT molecular complexity index is 759. The maximum absolute atomic E-state index is 12.7. The van der Waals surface area contributed by atoms with Gasteiger partial charge in [-0.1, -0.05) is 23.7 Å². The Morgan fingerprint density at radius 1 is 1.14 bits per heavy atom. The van der Waals surface area contributed by atoms with Crippen LogP contribution in [0.5, 0.6) is 0 Å². The molecule has 0 saturated carbocycles. The van der Waals surface area contributed by atoms with E-state index in [-0.39, 0.29) is 12.5 Å². The molecule has 110 valence electrons. The van der Waals surface area contributed by atoms with Crippen molar-refractivity contribution in [2.45, 2.75) is 12.7 Å². The topological polar surface area (TPSA) is 51.0 Å². The normalized spacial score (nSPS) is 14.4. The maximum Gasteiger partial charge on any atom is 0.440 e. The summed E-state index contributed by atoms with van der Waals surface area (Å²) in [7, 11) is 0. The molecule has 0 N–H and O–H groups in total. The van der Waals surface area contributed by atoms with Crippen LogP contribution in [0.15, 0.2) is 29.1 Å². The molecule has 5 nitrogen and oxygen atoms in total. The van der Waals surface area contributed by atoms with E-state index >= 15 is 0 Å². The van der Waals surface area contributed by atoms with Crippen LogP contribution in [0.1, 0.15) is 5.69 Å². The highest BCUT2D eigenvalue weighted by Gasteiger charge is 2.39. The van der Waals surface area contributed by atoms with E-state index in [9.17, 15) is 18.0 Å². The number of para-hydroxylation sites is 1. The van der Waals surface area contributed by atoms with Crippen LogP contribution in [0.4, 0.5) is 24.8 Å². The summed E-state index contributed by atoms with van der Waals surface area (Å²) in [6, 6.07) is 6.81. The van der Waals surface area contributed by atoms with Gasteiger partial charge in [-0.2, -0.15) is 13.2 Å². The summed E-state index contributed by atoms with van der Waals surface area (Å²) in [5.41, 5.74) is -2.13. The van der Waals surface area contributed by atoms with E-state index < -0.39 is 17.4 Å². The van der Waals surface area contributed by atoms with Crippen molar-refractivity contribution in [1.82, 2.24) is 14.8 Å². The zero-order chi connectivity index (χ0) is 15.2. The van der Waals surface area contributed by atoms with Gasteiger partial charge in [0.25, 0.3) is 5.56 Å². The monoisotopic (exact) mass is 316 g/mol. The SMILES string of the molecule is O=c1c(C(F)(F)F)nnc2n1CCN2c1ccccc1Cl. The second kappa shape index (κ2) is 4.73. The van der Waals surface area contributed by atoms with Gasteiger partial charge in [-0.3, -0.25) is 9.36 Å². The number of hydrogen-bond donors (Lipinski definition) is 0. The third kappa shape index (κ3) is 2.25. The molecule has 1 aromatic carbocycles. The summed E-state index contributed by atoms with van der Waals surface area (Å²) >= 11 is 6.06. The molecule has 0 radical (unpaired) electrons. The molecule has 2 heterocycles. The number of aromatic nitrogens is 3. The van der Waals surface area contributed by atoms with Crippen molar-refractivity contribution in [3.05, 3.63) is 45.3 Å². The molecule has 1 aliphatic heterocycles. The highest BCUT2D eigenvalue weighted by Crippen LogP contribution is 2.33. The number of nitrogens with zero attached hydrogens (tertiary/aromatic N) is 4. The van der Waals surface area contributed by atoms with Crippen molar-refractivity contribution in [3.63, 3.8) is 0 Å². The van der Waals surface area contributed by atoms with Gasteiger partial charge in [0.2, 0.25) is 11.6 Å². The van der Waals surface area contributed by atoms with Gasteiger partial charge in [-0.05, 0) is 12.1 Å². The standard InChI is InChI=1S/C12H8ClF3N4O/c13-7-3-1-2-4-8(7)19-5-6-20-10(21)9(12(14,15)16)17-18-11(19)20/h1-4H,5-6H2. The first-order valence-electron chi connectivity index (χ1n) is 5.96. The van der Waals surface area contributed by atoms with E-state index in [0.29, 0.717) is 17.3 Å². The first-order valence-corrected chi connectivity index (χ1v) is 6.34. The number of halogens is 4. The van der Waals surface area contributed by atoms with Gasteiger partial charge in [0.15, 0.2) is 0 Å². The van der Waals surface area contributed by atoms with E-state index in [1.54, 1.807) is 29.2 Å². The Morgan fingerprint density at radius 2 is 1.86 bits per heavy atom. The van der Waals surface area contributed by atoms with Crippen molar-refractivity contribution < 1.29 is 13.2 Å². The third-order valence-electron chi connectivity index (χ3n) is 3.13. The fourth-order valence-corrected chi connectivity index (χ4v) is 2.43. The lowest BCUT2D eigenvalue weighted by Gasteiger charge is -2.18. The van der Waals surface area contributed by atoms with Crippen LogP contribution in [-0.4, -0.2) is 21.3 Å². The summed E-state index contributed by atoms with van der Waals surface area (Å²) < 4.78 is 38.9. The van der Waals surface area contributed by atoms with Crippen LogP contribution in [-0.2, 0) is 12.7 Å². The molecule has 1 aliphatic rings. The summed E-state index contributed by atoms with van der Waals surface area (Å²) in [6.45, 7) is 0.396. The van der Waals surface area contributed by atoms with Gasteiger partial charge in [-0.15, -0.1) is 10.2 Å². The molecular weight excluding hydrogens is 309 g/mol. The highest BCUT2D eigenvalue weighted by atomic mass is 35.5. The first kappa shape index (κ1) is 13.9. The lowest BCUT2D eigenvalue weighted by molar-refractivity contribution is -0.143. The Labute approximate surface area is 121 Å². The summed E-state index contributed by atoms with van der Waals surface area (Å²) in [6.07, 6.45) is -4.82. The lowest BCUT2D eigenvalue weighted by Crippen LogP contribution is -2.30. The fraction of sp³-hybridized carbons (Fsp3) is 0.250. The lowest BCUT2D eigenvalue weighted by atomic mass is 10.3. The largest absolute Gasteiger partial charge is 0.440 e. The first-order chi connectivity index (χ1) is 9.89. The third-order valence-corrected chi connectivity index (χ3v) is 3.45. The summed E-state index contributed by atoms with van der Waals surface area (Å²) in [4.78, 5) is 13.4. The number of benzene rings is 1. The molecule has 0 fully saturated rings. The van der Waals surface area contributed by atoms with Crippen molar-refractivity contribution in [2.24, 2.45) is 0 Å². The van der Waals surface area contributed by atoms with Gasteiger partial charge in [0.05, 0.1) is 10.7 Å². The molecule has 0 spiro atoms. The van der Waals surface area contributed by atoms with Gasteiger partial charge < -0.3 is 4.90 Å². The van der Waals surface area contributed by atoms with E-state index in [0.717, 1.165) is 4.57 Å². The quantitative estimate of drug-likeness (QED) is 0.811. The predicted molar refractivity (Wildman–Crippen MR) is 69.8 cm³/mol. The number of fused-ring (bicyclic) bond motifs is 1.